The Morgan fingerprint density at radius 3 is 2.30 bits per heavy atom. The minimum Gasteiger partial charge on any atom is -0.744 e. The largest absolute Gasteiger partial charge is 0.744 e. The fourth-order valence-corrected chi connectivity index (χ4v) is 3.33. The molecule has 0 amide bonds. The number of ether oxygens (including phenoxy) is 1. The highest BCUT2D eigenvalue weighted by Gasteiger charge is 2.20. The second-order valence-corrected chi connectivity index (χ2v) is 8.74. The van der Waals surface area contributed by atoms with Crippen LogP contribution in [0.15, 0.2) is 29.2 Å². The minimum atomic E-state index is -4.27. The van der Waals surface area contributed by atoms with Crippen molar-refractivity contribution in [3.63, 3.8) is 0 Å². The summed E-state index contributed by atoms with van der Waals surface area (Å²) in [6.07, 6.45) is 7.74. The van der Waals surface area contributed by atoms with E-state index in [9.17, 15) is 13.0 Å². The maximum Gasteiger partial charge on any atom is 0.133 e. The van der Waals surface area contributed by atoms with Crippen LogP contribution in [0.1, 0.15) is 18.4 Å². The Labute approximate surface area is 124 Å². The fraction of sp³-hybridized carbons (Fsp3) is 0.571. The van der Waals surface area contributed by atoms with Crippen molar-refractivity contribution in [1.82, 2.24) is 0 Å². The van der Waals surface area contributed by atoms with Crippen LogP contribution < -0.4 is 0 Å². The third-order valence-corrected chi connectivity index (χ3v) is 4.74. The zero-order valence-corrected chi connectivity index (χ0v) is 13.8. The summed E-state index contributed by atoms with van der Waals surface area (Å²) in [5, 5.41) is 0. The number of benzene rings is 1. The first kappa shape index (κ1) is 17.5. The maximum absolute atomic E-state index is 10.4. The summed E-state index contributed by atoms with van der Waals surface area (Å²) < 4.78 is 36.6. The van der Waals surface area contributed by atoms with E-state index in [0.717, 1.165) is 12.2 Å². The Morgan fingerprint density at radius 2 is 1.90 bits per heavy atom. The molecule has 0 N–H and O–H groups in total. The molecule has 0 aromatic heterocycles. The normalized spacial score (nSPS) is 18.8. The van der Waals surface area contributed by atoms with E-state index >= 15 is 0 Å². The predicted octanol–water partition coefficient (Wildman–Crippen LogP) is 1.94. The molecule has 0 saturated carbocycles. The molecule has 0 spiro atoms. The smallest absolute Gasteiger partial charge is 0.133 e. The standard InChI is InChI=1S/C7H8O3S.C7H15OS/c1-6-2-4-7(5-3-6)11(8,9)10;1-9(2)6-7-4-3-5-8-7/h2-5H,1H3,(H,8,9,10);7H,3-6H2,1-2H3/q;+1/p-1. The molecule has 20 heavy (non-hydrogen) atoms. The molecule has 1 aliphatic heterocycles. The third kappa shape index (κ3) is 6.74. The molecule has 1 unspecified atom stereocenters. The summed E-state index contributed by atoms with van der Waals surface area (Å²) in [6, 6.07) is 5.78. The molecule has 2 rings (SSSR count). The Hall–Kier alpha value is -0.560. The average Bonchev–Trinajstić information content (AvgIpc) is 2.81. The van der Waals surface area contributed by atoms with Crippen molar-refractivity contribution in [1.29, 1.82) is 0 Å². The minimum absolute atomic E-state index is 0.178. The van der Waals surface area contributed by atoms with Gasteiger partial charge in [-0.15, -0.1) is 0 Å². The molecule has 1 aromatic carbocycles. The quantitative estimate of drug-likeness (QED) is 0.631. The molecule has 0 radical (unpaired) electrons. The lowest BCUT2D eigenvalue weighted by atomic mass is 10.2. The summed E-state index contributed by atoms with van der Waals surface area (Å²) in [4.78, 5) is -0.178. The van der Waals surface area contributed by atoms with Crippen LogP contribution in [0, 0.1) is 6.92 Å². The molecule has 6 heteroatoms. The van der Waals surface area contributed by atoms with Gasteiger partial charge in [-0.25, -0.2) is 8.42 Å². The van der Waals surface area contributed by atoms with Crippen molar-refractivity contribution in [2.45, 2.75) is 30.8 Å². The third-order valence-electron chi connectivity index (χ3n) is 2.85. The Bertz CT molecular complexity index is 488. The van der Waals surface area contributed by atoms with Crippen molar-refractivity contribution in [3.05, 3.63) is 29.8 Å². The number of hydrogen-bond donors (Lipinski definition) is 0. The van der Waals surface area contributed by atoms with Crippen molar-refractivity contribution >= 4 is 21.0 Å². The lowest BCUT2D eigenvalue weighted by molar-refractivity contribution is 0.128. The van der Waals surface area contributed by atoms with Gasteiger partial charge in [0.25, 0.3) is 0 Å². The van der Waals surface area contributed by atoms with E-state index in [0.29, 0.717) is 17.0 Å². The van der Waals surface area contributed by atoms with Crippen molar-refractivity contribution in [2.75, 3.05) is 24.9 Å². The zero-order chi connectivity index (χ0) is 15.2. The van der Waals surface area contributed by atoms with Gasteiger partial charge in [-0.2, -0.15) is 0 Å². The van der Waals surface area contributed by atoms with Crippen LogP contribution in [-0.4, -0.2) is 43.9 Å². The lowest BCUT2D eigenvalue weighted by Gasteiger charge is -2.05. The molecule has 0 bridgehead atoms. The number of hydrogen-bond acceptors (Lipinski definition) is 4. The number of rotatable bonds is 3. The number of aryl methyl sites for hydroxylation is 1. The molecule has 114 valence electrons. The van der Waals surface area contributed by atoms with Crippen LogP contribution in [0.25, 0.3) is 0 Å². The molecule has 1 aromatic rings. The van der Waals surface area contributed by atoms with Gasteiger partial charge in [0.2, 0.25) is 0 Å². The zero-order valence-electron chi connectivity index (χ0n) is 12.2. The van der Waals surface area contributed by atoms with Gasteiger partial charge in [-0.05, 0) is 42.8 Å². The van der Waals surface area contributed by atoms with E-state index in [1.165, 1.54) is 30.7 Å². The summed E-state index contributed by atoms with van der Waals surface area (Å²) in [6.45, 7) is 2.82. The van der Waals surface area contributed by atoms with Crippen LogP contribution in [0.5, 0.6) is 0 Å². The predicted molar refractivity (Wildman–Crippen MR) is 82.2 cm³/mol. The van der Waals surface area contributed by atoms with Crippen LogP contribution in [0.3, 0.4) is 0 Å². The second kappa shape index (κ2) is 8.02. The molecule has 1 fully saturated rings. The molecular formula is C14H22O4S2. The lowest BCUT2D eigenvalue weighted by Crippen LogP contribution is -2.17. The monoisotopic (exact) mass is 318 g/mol. The van der Waals surface area contributed by atoms with Crippen LogP contribution in [0.4, 0.5) is 0 Å². The molecule has 1 saturated heterocycles. The van der Waals surface area contributed by atoms with Gasteiger partial charge in [-0.1, -0.05) is 17.7 Å². The van der Waals surface area contributed by atoms with Gasteiger partial charge in [-0.3, -0.25) is 0 Å². The van der Waals surface area contributed by atoms with E-state index in [1.54, 1.807) is 12.1 Å². The van der Waals surface area contributed by atoms with Crippen molar-refractivity contribution in [3.8, 4) is 0 Å². The summed E-state index contributed by atoms with van der Waals surface area (Å²) in [5.41, 5.74) is 0.928. The summed E-state index contributed by atoms with van der Waals surface area (Å²) in [7, 11) is -3.70. The topological polar surface area (TPSA) is 66.4 Å². The first-order chi connectivity index (χ1) is 9.29. The Kier molecular flexibility index (Phi) is 7.02. The SMILES string of the molecule is C[S+](C)CC1CCCO1.Cc1ccc(S(=O)(=O)[O-])cc1. The Balaban J connectivity index is 0.000000204. The van der Waals surface area contributed by atoms with Crippen molar-refractivity contribution < 1.29 is 17.7 Å². The molecule has 1 aliphatic rings. The maximum atomic E-state index is 10.4. The van der Waals surface area contributed by atoms with E-state index in [4.69, 9.17) is 4.74 Å². The molecule has 1 heterocycles. The molecular weight excluding hydrogens is 296 g/mol. The first-order valence-corrected chi connectivity index (χ1v) is 10.1. The molecule has 4 nitrogen and oxygen atoms in total. The van der Waals surface area contributed by atoms with Gasteiger partial charge in [0.05, 0.1) is 17.4 Å². The van der Waals surface area contributed by atoms with E-state index < -0.39 is 10.1 Å². The van der Waals surface area contributed by atoms with Crippen LogP contribution >= 0.6 is 0 Å². The van der Waals surface area contributed by atoms with Crippen molar-refractivity contribution in [2.24, 2.45) is 0 Å². The Morgan fingerprint density at radius 1 is 1.30 bits per heavy atom. The highest BCUT2D eigenvalue weighted by molar-refractivity contribution is 7.95. The first-order valence-electron chi connectivity index (χ1n) is 6.47. The summed E-state index contributed by atoms with van der Waals surface area (Å²) in [5.74, 6) is 1.28. The second-order valence-electron chi connectivity index (χ2n) is 5.05. The molecule has 1 atom stereocenters. The highest BCUT2D eigenvalue weighted by Crippen LogP contribution is 2.13. The van der Waals surface area contributed by atoms with Crippen LogP contribution in [-0.2, 0) is 25.7 Å². The van der Waals surface area contributed by atoms with Gasteiger partial charge in [0, 0.05) is 6.61 Å². The van der Waals surface area contributed by atoms with Gasteiger partial charge >= 0.3 is 0 Å². The van der Waals surface area contributed by atoms with E-state index in [1.807, 2.05) is 6.92 Å². The summed E-state index contributed by atoms with van der Waals surface area (Å²) >= 11 is 0. The average molecular weight is 318 g/mol. The van der Waals surface area contributed by atoms with E-state index in [-0.39, 0.29) is 4.90 Å². The highest BCUT2D eigenvalue weighted by atomic mass is 32.2. The van der Waals surface area contributed by atoms with Gasteiger partial charge in [0.15, 0.2) is 0 Å². The van der Waals surface area contributed by atoms with Gasteiger partial charge < -0.3 is 9.29 Å². The van der Waals surface area contributed by atoms with E-state index in [2.05, 4.69) is 12.5 Å². The molecule has 0 aliphatic carbocycles. The fourth-order valence-electron chi connectivity index (χ4n) is 1.85. The van der Waals surface area contributed by atoms with Gasteiger partial charge in [0.1, 0.15) is 22.0 Å². The van der Waals surface area contributed by atoms with Crippen LogP contribution in [0.2, 0.25) is 0 Å².